The number of anilines is 1. The Bertz CT molecular complexity index is 989. The van der Waals surface area contributed by atoms with E-state index in [0.29, 0.717) is 31.9 Å². The summed E-state index contributed by atoms with van der Waals surface area (Å²) in [6.07, 6.45) is 0. The summed E-state index contributed by atoms with van der Waals surface area (Å²) in [5, 5.41) is 2.72. The van der Waals surface area contributed by atoms with Crippen LogP contribution >= 0.6 is 0 Å². The van der Waals surface area contributed by atoms with Crippen molar-refractivity contribution in [3.63, 3.8) is 0 Å². The molecule has 4 rings (SSSR count). The fraction of sp³-hybridized carbons (Fsp3) is 0.231. The molecule has 0 radical (unpaired) electrons. The second-order valence-electron chi connectivity index (χ2n) is 7.88. The Hall–Kier alpha value is -3.44. The molecular weight excluding hydrogens is 386 g/mol. The summed E-state index contributed by atoms with van der Waals surface area (Å²) in [5.41, 5.74) is 4.13. The molecule has 1 saturated heterocycles. The molecule has 158 valence electrons. The summed E-state index contributed by atoms with van der Waals surface area (Å²) >= 11 is 0. The predicted octanol–water partition coefficient (Wildman–Crippen LogP) is 3.87. The van der Waals surface area contributed by atoms with E-state index in [2.05, 4.69) is 58.7 Å². The van der Waals surface area contributed by atoms with Gasteiger partial charge in [0, 0.05) is 31.9 Å². The number of rotatable bonds is 4. The van der Waals surface area contributed by atoms with E-state index >= 15 is 0 Å². The van der Waals surface area contributed by atoms with Crippen LogP contribution in [-0.4, -0.2) is 47.8 Å². The van der Waals surface area contributed by atoms with Crippen LogP contribution < -0.4 is 5.32 Å². The van der Waals surface area contributed by atoms with Crippen molar-refractivity contribution in [1.82, 2.24) is 9.80 Å². The van der Waals surface area contributed by atoms with E-state index < -0.39 is 11.8 Å². The van der Waals surface area contributed by atoms with E-state index in [1.165, 1.54) is 11.1 Å². The van der Waals surface area contributed by atoms with Gasteiger partial charge >= 0.3 is 11.8 Å². The maximum atomic E-state index is 12.7. The van der Waals surface area contributed by atoms with Crippen molar-refractivity contribution in [3.8, 4) is 0 Å². The van der Waals surface area contributed by atoms with Gasteiger partial charge < -0.3 is 10.2 Å². The molecular formula is C26H27N3O2. The zero-order valence-electron chi connectivity index (χ0n) is 17.7. The van der Waals surface area contributed by atoms with Crippen LogP contribution in [0, 0.1) is 6.92 Å². The Kier molecular flexibility index (Phi) is 6.43. The number of hydrogen-bond acceptors (Lipinski definition) is 3. The van der Waals surface area contributed by atoms with Gasteiger partial charge in [-0.15, -0.1) is 0 Å². The van der Waals surface area contributed by atoms with Crippen molar-refractivity contribution >= 4 is 17.5 Å². The van der Waals surface area contributed by atoms with Crippen LogP contribution in [-0.2, 0) is 9.59 Å². The van der Waals surface area contributed by atoms with Crippen molar-refractivity contribution in [2.45, 2.75) is 13.0 Å². The van der Waals surface area contributed by atoms with E-state index in [0.717, 1.165) is 5.56 Å². The highest BCUT2D eigenvalue weighted by Gasteiger charge is 2.30. The molecule has 1 aliphatic rings. The number of nitrogens with one attached hydrogen (secondary N) is 1. The molecule has 5 nitrogen and oxygen atoms in total. The molecule has 2 amide bonds. The molecule has 0 atom stereocenters. The van der Waals surface area contributed by atoms with Crippen LogP contribution in [0.4, 0.5) is 5.69 Å². The molecule has 0 spiro atoms. The number of benzene rings is 3. The van der Waals surface area contributed by atoms with Crippen LogP contribution in [0.15, 0.2) is 84.9 Å². The molecule has 0 aliphatic carbocycles. The standard InChI is InChI=1S/C26H27N3O2/c1-20-9-8-14-23(19-20)27-25(30)26(31)29-17-15-28(16-18-29)24(21-10-4-2-5-11-21)22-12-6-3-7-13-22/h2-14,19,24H,15-18H2,1H3,(H,27,30). The SMILES string of the molecule is Cc1cccc(NC(=O)C(=O)N2CCN(C(c3ccccc3)c3ccccc3)CC2)c1. The smallest absolute Gasteiger partial charge is 0.313 e. The van der Waals surface area contributed by atoms with Crippen molar-refractivity contribution < 1.29 is 9.59 Å². The molecule has 31 heavy (non-hydrogen) atoms. The Balaban J connectivity index is 1.43. The normalized spacial score (nSPS) is 14.5. The van der Waals surface area contributed by atoms with Crippen LogP contribution in [0.1, 0.15) is 22.7 Å². The van der Waals surface area contributed by atoms with Gasteiger partial charge in [-0.2, -0.15) is 0 Å². The Morgan fingerprint density at radius 2 is 1.35 bits per heavy atom. The van der Waals surface area contributed by atoms with Crippen molar-refractivity contribution in [2.24, 2.45) is 0 Å². The van der Waals surface area contributed by atoms with Gasteiger partial charge in [0.1, 0.15) is 0 Å². The first-order chi connectivity index (χ1) is 15.1. The van der Waals surface area contributed by atoms with E-state index in [9.17, 15) is 9.59 Å². The minimum atomic E-state index is -0.582. The molecule has 1 N–H and O–H groups in total. The monoisotopic (exact) mass is 413 g/mol. The molecule has 0 unspecified atom stereocenters. The third kappa shape index (κ3) is 5.01. The molecule has 0 bridgehead atoms. The average molecular weight is 414 g/mol. The van der Waals surface area contributed by atoms with Crippen LogP contribution in [0.5, 0.6) is 0 Å². The molecule has 3 aromatic carbocycles. The van der Waals surface area contributed by atoms with E-state index in [4.69, 9.17) is 0 Å². The van der Waals surface area contributed by atoms with Crippen molar-refractivity contribution in [3.05, 3.63) is 102 Å². The molecule has 1 fully saturated rings. The number of amides is 2. The van der Waals surface area contributed by atoms with Crippen LogP contribution in [0.3, 0.4) is 0 Å². The number of carbonyl (C=O) groups excluding carboxylic acids is 2. The highest BCUT2D eigenvalue weighted by Crippen LogP contribution is 2.29. The third-order valence-electron chi connectivity index (χ3n) is 5.67. The second kappa shape index (κ2) is 9.58. The number of aryl methyl sites for hydroxylation is 1. The van der Waals surface area contributed by atoms with Gasteiger partial charge in [0.2, 0.25) is 0 Å². The summed E-state index contributed by atoms with van der Waals surface area (Å²) in [6, 6.07) is 28.4. The van der Waals surface area contributed by atoms with E-state index in [1.807, 2.05) is 37.3 Å². The lowest BCUT2D eigenvalue weighted by Crippen LogP contribution is -2.52. The minimum Gasteiger partial charge on any atom is -0.332 e. The number of nitrogens with zero attached hydrogens (tertiary/aromatic N) is 2. The van der Waals surface area contributed by atoms with Gasteiger partial charge in [0.15, 0.2) is 0 Å². The van der Waals surface area contributed by atoms with Gasteiger partial charge in [0.25, 0.3) is 0 Å². The first kappa shape index (κ1) is 20.8. The Labute approximate surface area is 183 Å². The lowest BCUT2D eigenvalue weighted by molar-refractivity contribution is -0.144. The summed E-state index contributed by atoms with van der Waals surface area (Å²) in [7, 11) is 0. The lowest BCUT2D eigenvalue weighted by Gasteiger charge is -2.39. The molecule has 1 heterocycles. The number of hydrogen-bond donors (Lipinski definition) is 1. The number of piperazine rings is 1. The van der Waals surface area contributed by atoms with Crippen LogP contribution in [0.25, 0.3) is 0 Å². The quantitative estimate of drug-likeness (QED) is 0.661. The fourth-order valence-electron chi connectivity index (χ4n) is 4.12. The summed E-state index contributed by atoms with van der Waals surface area (Å²) in [6.45, 7) is 4.41. The average Bonchev–Trinajstić information content (AvgIpc) is 2.81. The molecule has 5 heteroatoms. The second-order valence-corrected chi connectivity index (χ2v) is 7.88. The minimum absolute atomic E-state index is 0.126. The van der Waals surface area contributed by atoms with E-state index in [1.54, 1.807) is 11.0 Å². The van der Waals surface area contributed by atoms with Crippen LogP contribution in [0.2, 0.25) is 0 Å². The van der Waals surface area contributed by atoms with Gasteiger partial charge in [-0.3, -0.25) is 14.5 Å². The predicted molar refractivity (Wildman–Crippen MR) is 123 cm³/mol. The highest BCUT2D eigenvalue weighted by molar-refractivity contribution is 6.39. The molecule has 3 aromatic rings. The molecule has 0 saturated carbocycles. The summed E-state index contributed by atoms with van der Waals surface area (Å²) in [4.78, 5) is 29.2. The Morgan fingerprint density at radius 3 is 1.90 bits per heavy atom. The third-order valence-corrected chi connectivity index (χ3v) is 5.67. The first-order valence-electron chi connectivity index (χ1n) is 10.6. The summed E-state index contributed by atoms with van der Waals surface area (Å²) in [5.74, 6) is -1.06. The maximum Gasteiger partial charge on any atom is 0.313 e. The van der Waals surface area contributed by atoms with Gasteiger partial charge in [-0.25, -0.2) is 0 Å². The summed E-state index contributed by atoms with van der Waals surface area (Å²) < 4.78 is 0. The van der Waals surface area contributed by atoms with E-state index in [-0.39, 0.29) is 6.04 Å². The highest BCUT2D eigenvalue weighted by atomic mass is 16.2. The van der Waals surface area contributed by atoms with Gasteiger partial charge in [0.05, 0.1) is 6.04 Å². The van der Waals surface area contributed by atoms with Gasteiger partial charge in [-0.05, 0) is 35.7 Å². The maximum absolute atomic E-state index is 12.7. The largest absolute Gasteiger partial charge is 0.332 e. The molecule has 0 aromatic heterocycles. The molecule has 1 aliphatic heterocycles. The zero-order valence-corrected chi connectivity index (χ0v) is 17.7. The zero-order chi connectivity index (χ0) is 21.6. The Morgan fingerprint density at radius 1 is 0.774 bits per heavy atom. The fourth-order valence-corrected chi connectivity index (χ4v) is 4.12. The first-order valence-corrected chi connectivity index (χ1v) is 10.6. The van der Waals surface area contributed by atoms with Crippen molar-refractivity contribution in [2.75, 3.05) is 31.5 Å². The topological polar surface area (TPSA) is 52.7 Å². The lowest BCUT2D eigenvalue weighted by atomic mass is 9.96. The van der Waals surface area contributed by atoms with Gasteiger partial charge in [-0.1, -0.05) is 72.8 Å². The van der Waals surface area contributed by atoms with Crippen molar-refractivity contribution in [1.29, 1.82) is 0 Å². The number of carbonyl (C=O) groups is 2.